The van der Waals surface area contributed by atoms with Crippen LogP contribution in [-0.2, 0) is 22.6 Å². The van der Waals surface area contributed by atoms with Crippen LogP contribution in [-0.4, -0.2) is 53.0 Å². The number of aliphatic hydroxyl groups excluding tert-OH is 1. The molecule has 0 aliphatic carbocycles. The van der Waals surface area contributed by atoms with Crippen LogP contribution in [0.1, 0.15) is 24.0 Å². The standard InChI is InChI=1S/C23H27FN2O3/c24-21-8-4-7-18(15-21)11-12-25-17-20(9-10-22(25)28)23(29)26(13-14-27)16-19-5-2-1-3-6-19/h1-8,15,20,27H,9-14,16-17H2. The number of hydrogen-bond donors (Lipinski definition) is 1. The maximum atomic E-state index is 13.4. The Morgan fingerprint density at radius 3 is 2.62 bits per heavy atom. The first kappa shape index (κ1) is 21.0. The molecule has 6 heteroatoms. The average Bonchev–Trinajstić information content (AvgIpc) is 2.73. The van der Waals surface area contributed by atoms with Crippen molar-refractivity contribution in [1.29, 1.82) is 0 Å². The van der Waals surface area contributed by atoms with Gasteiger partial charge in [-0.25, -0.2) is 4.39 Å². The molecule has 1 saturated heterocycles. The molecule has 2 aromatic rings. The highest BCUT2D eigenvalue weighted by atomic mass is 19.1. The van der Waals surface area contributed by atoms with Gasteiger partial charge in [0.05, 0.1) is 12.5 Å². The van der Waals surface area contributed by atoms with Crippen molar-refractivity contribution in [2.24, 2.45) is 5.92 Å². The molecule has 5 nitrogen and oxygen atoms in total. The number of nitrogens with zero attached hydrogens (tertiary/aromatic N) is 2. The van der Waals surface area contributed by atoms with Crippen molar-refractivity contribution < 1.29 is 19.1 Å². The van der Waals surface area contributed by atoms with Gasteiger partial charge in [-0.3, -0.25) is 9.59 Å². The summed E-state index contributed by atoms with van der Waals surface area (Å²) in [5, 5.41) is 9.40. The van der Waals surface area contributed by atoms with Gasteiger partial charge in [0.15, 0.2) is 0 Å². The molecule has 3 rings (SSSR count). The smallest absolute Gasteiger partial charge is 0.227 e. The second-order valence-corrected chi connectivity index (χ2v) is 7.42. The first-order valence-electron chi connectivity index (χ1n) is 10.0. The molecule has 1 aliphatic rings. The number of aliphatic hydroxyl groups is 1. The molecule has 29 heavy (non-hydrogen) atoms. The lowest BCUT2D eigenvalue weighted by Crippen LogP contribution is -2.48. The van der Waals surface area contributed by atoms with Crippen LogP contribution in [0.4, 0.5) is 4.39 Å². The van der Waals surface area contributed by atoms with Gasteiger partial charge < -0.3 is 14.9 Å². The third kappa shape index (κ3) is 5.87. The lowest BCUT2D eigenvalue weighted by molar-refractivity contribution is -0.143. The van der Waals surface area contributed by atoms with Gasteiger partial charge in [-0.2, -0.15) is 0 Å². The Morgan fingerprint density at radius 1 is 1.14 bits per heavy atom. The van der Waals surface area contributed by atoms with E-state index in [9.17, 15) is 19.1 Å². The number of amides is 2. The Labute approximate surface area is 170 Å². The molecule has 1 aliphatic heterocycles. The average molecular weight is 398 g/mol. The predicted molar refractivity (Wildman–Crippen MR) is 108 cm³/mol. The van der Waals surface area contributed by atoms with Crippen LogP contribution in [0.3, 0.4) is 0 Å². The minimum absolute atomic E-state index is 0.0298. The highest BCUT2D eigenvalue weighted by molar-refractivity contribution is 5.84. The normalized spacial score (nSPS) is 16.7. The molecule has 1 N–H and O–H groups in total. The summed E-state index contributed by atoms with van der Waals surface area (Å²) in [6.45, 7) is 1.43. The van der Waals surface area contributed by atoms with Gasteiger partial charge in [0.1, 0.15) is 5.82 Å². The minimum atomic E-state index is -0.291. The molecule has 154 valence electrons. The van der Waals surface area contributed by atoms with Gasteiger partial charge in [-0.1, -0.05) is 42.5 Å². The van der Waals surface area contributed by atoms with E-state index in [0.29, 0.717) is 38.9 Å². The second-order valence-electron chi connectivity index (χ2n) is 7.42. The fraction of sp³-hybridized carbons (Fsp3) is 0.391. The summed E-state index contributed by atoms with van der Waals surface area (Å²) in [5.74, 6) is -0.579. The molecule has 1 atom stereocenters. The van der Waals surface area contributed by atoms with Crippen molar-refractivity contribution in [3.05, 3.63) is 71.5 Å². The number of carbonyl (C=O) groups is 2. The Kier molecular flexibility index (Phi) is 7.36. The number of likely N-dealkylation sites (tertiary alicyclic amines) is 1. The molecule has 0 bridgehead atoms. The zero-order valence-electron chi connectivity index (χ0n) is 16.5. The van der Waals surface area contributed by atoms with Crippen LogP contribution in [0.2, 0.25) is 0 Å². The topological polar surface area (TPSA) is 60.9 Å². The minimum Gasteiger partial charge on any atom is -0.395 e. The van der Waals surface area contributed by atoms with E-state index in [0.717, 1.165) is 11.1 Å². The zero-order chi connectivity index (χ0) is 20.6. The Bertz CT molecular complexity index is 828. The van der Waals surface area contributed by atoms with Gasteiger partial charge in [-0.05, 0) is 36.1 Å². The quantitative estimate of drug-likeness (QED) is 0.744. The SMILES string of the molecule is O=C1CCC(C(=O)N(CCO)Cc2ccccc2)CN1CCc1cccc(F)c1. The summed E-state index contributed by atoms with van der Waals surface area (Å²) in [4.78, 5) is 28.8. The van der Waals surface area contributed by atoms with E-state index in [4.69, 9.17) is 0 Å². The molecule has 0 spiro atoms. The van der Waals surface area contributed by atoms with Crippen molar-refractivity contribution in [2.45, 2.75) is 25.8 Å². The molecule has 1 heterocycles. The van der Waals surface area contributed by atoms with E-state index in [1.807, 2.05) is 36.4 Å². The molecule has 0 radical (unpaired) electrons. The van der Waals surface area contributed by atoms with Gasteiger partial charge in [0.25, 0.3) is 0 Å². The third-order valence-corrected chi connectivity index (χ3v) is 5.31. The van der Waals surface area contributed by atoms with Crippen molar-refractivity contribution in [3.8, 4) is 0 Å². The van der Waals surface area contributed by atoms with Crippen LogP contribution in [0.15, 0.2) is 54.6 Å². The molecule has 0 saturated carbocycles. The van der Waals surface area contributed by atoms with Crippen molar-refractivity contribution in [2.75, 3.05) is 26.2 Å². The monoisotopic (exact) mass is 398 g/mol. The van der Waals surface area contributed by atoms with Crippen molar-refractivity contribution >= 4 is 11.8 Å². The number of hydrogen-bond acceptors (Lipinski definition) is 3. The van der Waals surface area contributed by atoms with E-state index < -0.39 is 0 Å². The lowest BCUT2D eigenvalue weighted by atomic mass is 9.95. The highest BCUT2D eigenvalue weighted by Crippen LogP contribution is 2.21. The number of piperidine rings is 1. The predicted octanol–water partition coefficient (Wildman–Crippen LogP) is 2.63. The molecule has 2 aromatic carbocycles. The molecular formula is C23H27FN2O3. The largest absolute Gasteiger partial charge is 0.395 e. The molecule has 1 unspecified atom stereocenters. The van der Waals surface area contributed by atoms with Crippen LogP contribution in [0.5, 0.6) is 0 Å². The molecule has 0 aromatic heterocycles. The summed E-state index contributed by atoms with van der Waals surface area (Å²) in [7, 11) is 0. The van der Waals surface area contributed by atoms with Gasteiger partial charge >= 0.3 is 0 Å². The van der Waals surface area contributed by atoms with E-state index in [1.165, 1.54) is 12.1 Å². The summed E-state index contributed by atoms with van der Waals surface area (Å²) >= 11 is 0. The summed E-state index contributed by atoms with van der Waals surface area (Å²) < 4.78 is 13.4. The Hall–Kier alpha value is -2.73. The van der Waals surface area contributed by atoms with Crippen LogP contribution in [0.25, 0.3) is 0 Å². The fourth-order valence-electron chi connectivity index (χ4n) is 3.74. The summed E-state index contributed by atoms with van der Waals surface area (Å²) in [6.07, 6.45) is 1.40. The van der Waals surface area contributed by atoms with E-state index in [1.54, 1.807) is 15.9 Å². The van der Waals surface area contributed by atoms with E-state index in [2.05, 4.69) is 0 Å². The highest BCUT2D eigenvalue weighted by Gasteiger charge is 2.32. The zero-order valence-corrected chi connectivity index (χ0v) is 16.5. The molecule has 1 fully saturated rings. The molecule has 2 amide bonds. The van der Waals surface area contributed by atoms with Crippen molar-refractivity contribution in [1.82, 2.24) is 9.80 Å². The lowest BCUT2D eigenvalue weighted by Gasteiger charge is -2.35. The molecular weight excluding hydrogens is 371 g/mol. The number of benzene rings is 2. The number of rotatable bonds is 8. The number of carbonyl (C=O) groups excluding carboxylic acids is 2. The van der Waals surface area contributed by atoms with Gasteiger partial charge in [0, 0.05) is 32.6 Å². The van der Waals surface area contributed by atoms with Crippen LogP contribution >= 0.6 is 0 Å². The van der Waals surface area contributed by atoms with Gasteiger partial charge in [-0.15, -0.1) is 0 Å². The van der Waals surface area contributed by atoms with Crippen LogP contribution in [0, 0.1) is 11.7 Å². The second kappa shape index (κ2) is 10.2. The van der Waals surface area contributed by atoms with Gasteiger partial charge in [0.2, 0.25) is 11.8 Å². The Morgan fingerprint density at radius 2 is 1.90 bits per heavy atom. The van der Waals surface area contributed by atoms with E-state index in [-0.39, 0.29) is 36.7 Å². The van der Waals surface area contributed by atoms with Crippen molar-refractivity contribution in [3.63, 3.8) is 0 Å². The fourth-order valence-corrected chi connectivity index (χ4v) is 3.74. The maximum Gasteiger partial charge on any atom is 0.227 e. The summed E-state index contributed by atoms with van der Waals surface area (Å²) in [6, 6.07) is 16.0. The first-order chi connectivity index (χ1) is 14.1. The van der Waals surface area contributed by atoms with Crippen LogP contribution < -0.4 is 0 Å². The first-order valence-corrected chi connectivity index (χ1v) is 10.0. The maximum absolute atomic E-state index is 13.4. The third-order valence-electron chi connectivity index (χ3n) is 5.31. The number of halogens is 1. The van der Waals surface area contributed by atoms with E-state index >= 15 is 0 Å². The summed E-state index contributed by atoms with van der Waals surface area (Å²) in [5.41, 5.74) is 1.83. The Balaban J connectivity index is 1.62.